The van der Waals surface area contributed by atoms with Crippen molar-refractivity contribution >= 4 is 34.9 Å². The number of imide groups is 1. The Morgan fingerprint density at radius 3 is 2.34 bits per heavy atom. The molecule has 3 saturated heterocycles. The van der Waals surface area contributed by atoms with Crippen LogP contribution in [0, 0.1) is 17.7 Å². The highest BCUT2D eigenvalue weighted by atomic mass is 35.5. The van der Waals surface area contributed by atoms with E-state index in [2.05, 4.69) is 0 Å². The predicted molar refractivity (Wildman–Crippen MR) is 104 cm³/mol. The van der Waals surface area contributed by atoms with Crippen LogP contribution in [0.4, 0.5) is 10.1 Å². The van der Waals surface area contributed by atoms with Gasteiger partial charge in [0.15, 0.2) is 6.04 Å². The summed E-state index contributed by atoms with van der Waals surface area (Å²) in [7, 11) is 0. The Morgan fingerprint density at radius 1 is 1.00 bits per heavy atom. The maximum Gasteiger partial charge on any atom is 0.244 e. The first-order chi connectivity index (χ1) is 14.0. The number of fused-ring (bicyclic) bond motifs is 3. The van der Waals surface area contributed by atoms with Gasteiger partial charge in [-0.3, -0.25) is 14.4 Å². The summed E-state index contributed by atoms with van der Waals surface area (Å²) in [6, 6.07) is 11.3. The highest BCUT2D eigenvalue weighted by Gasteiger charge is 2.68. The molecular formula is C22H19ClFN2O3+. The molecule has 148 valence electrons. The third-order valence-electron chi connectivity index (χ3n) is 6.54. The van der Waals surface area contributed by atoms with E-state index in [1.165, 1.54) is 24.3 Å². The molecule has 2 aromatic rings. The van der Waals surface area contributed by atoms with Crippen molar-refractivity contribution in [3.05, 3.63) is 64.9 Å². The summed E-state index contributed by atoms with van der Waals surface area (Å²) in [4.78, 5) is 42.2. The third-order valence-corrected chi connectivity index (χ3v) is 6.79. The first-order valence-electron chi connectivity index (χ1n) is 9.76. The van der Waals surface area contributed by atoms with Crippen LogP contribution in [0.1, 0.15) is 23.2 Å². The molecule has 2 aromatic carbocycles. The van der Waals surface area contributed by atoms with Gasteiger partial charge in [0.2, 0.25) is 17.6 Å². The van der Waals surface area contributed by atoms with Gasteiger partial charge in [0, 0.05) is 23.4 Å². The van der Waals surface area contributed by atoms with Crippen LogP contribution in [0.25, 0.3) is 0 Å². The summed E-state index contributed by atoms with van der Waals surface area (Å²) in [5, 5.41) is 0.534. The Labute approximate surface area is 172 Å². The van der Waals surface area contributed by atoms with Crippen molar-refractivity contribution in [2.24, 2.45) is 11.8 Å². The summed E-state index contributed by atoms with van der Waals surface area (Å²) in [6.45, 7) is 0.777. The molecule has 29 heavy (non-hydrogen) atoms. The molecule has 3 aliphatic rings. The van der Waals surface area contributed by atoms with E-state index in [9.17, 15) is 18.8 Å². The lowest BCUT2D eigenvalue weighted by molar-refractivity contribution is -0.915. The van der Waals surface area contributed by atoms with E-state index < -0.39 is 23.7 Å². The number of halogens is 2. The maximum absolute atomic E-state index is 13.4. The van der Waals surface area contributed by atoms with Crippen LogP contribution in [0.5, 0.6) is 0 Å². The molecular weight excluding hydrogens is 395 g/mol. The summed E-state index contributed by atoms with van der Waals surface area (Å²) in [5.74, 6) is -2.39. The van der Waals surface area contributed by atoms with Gasteiger partial charge in [-0.2, -0.15) is 0 Å². The molecule has 1 N–H and O–H groups in total. The molecule has 0 bridgehead atoms. The Morgan fingerprint density at radius 2 is 1.66 bits per heavy atom. The lowest BCUT2D eigenvalue weighted by Gasteiger charge is -2.25. The summed E-state index contributed by atoms with van der Waals surface area (Å²) >= 11 is 5.95. The van der Waals surface area contributed by atoms with E-state index in [1.54, 1.807) is 24.3 Å². The highest BCUT2D eigenvalue weighted by molar-refractivity contribution is 6.30. The minimum atomic E-state index is -0.684. The van der Waals surface area contributed by atoms with E-state index in [1.807, 2.05) is 0 Å². The third kappa shape index (κ3) is 2.74. The first-order valence-corrected chi connectivity index (χ1v) is 10.1. The number of Topliss-reactive ketones (excluding diaryl/α,β-unsaturated/α-hetero) is 1. The monoisotopic (exact) mass is 413 g/mol. The minimum absolute atomic E-state index is 0.0388. The first kappa shape index (κ1) is 18.5. The number of nitrogens with zero attached hydrogens (tertiary/aromatic N) is 1. The number of carbonyl (C=O) groups excluding carboxylic acids is 3. The van der Waals surface area contributed by atoms with Crippen molar-refractivity contribution in [1.82, 2.24) is 0 Å². The smallest absolute Gasteiger partial charge is 0.244 e. The van der Waals surface area contributed by atoms with E-state index in [4.69, 9.17) is 11.6 Å². The van der Waals surface area contributed by atoms with E-state index >= 15 is 0 Å². The van der Waals surface area contributed by atoms with Gasteiger partial charge in [0.1, 0.15) is 23.7 Å². The van der Waals surface area contributed by atoms with Gasteiger partial charge in [-0.05, 0) is 48.5 Å². The van der Waals surface area contributed by atoms with Gasteiger partial charge in [0.25, 0.3) is 0 Å². The van der Waals surface area contributed by atoms with E-state index in [-0.39, 0.29) is 23.6 Å². The van der Waals surface area contributed by atoms with Gasteiger partial charge in [-0.15, -0.1) is 0 Å². The van der Waals surface area contributed by atoms with Crippen molar-refractivity contribution < 1.29 is 23.7 Å². The van der Waals surface area contributed by atoms with Gasteiger partial charge in [0.05, 0.1) is 12.2 Å². The second-order valence-corrected chi connectivity index (χ2v) is 8.40. The number of amides is 2. The molecule has 3 heterocycles. The summed E-state index contributed by atoms with van der Waals surface area (Å²) < 4.78 is 13.3. The Balaban J connectivity index is 1.54. The standard InChI is InChI=1S/C22H18ClFN2O3/c23-13-5-3-12(4-6-13)20(27)19-18-17(16-2-1-11-25(16)19)21(28)26(22(18)29)15-9-7-14(24)8-10-15/h3-10,16-19H,1-2,11H2/p+1/t16-,17-,18+,19-/m1/s1. The van der Waals surface area contributed by atoms with Crippen LogP contribution in [-0.4, -0.2) is 36.2 Å². The second-order valence-electron chi connectivity index (χ2n) is 7.96. The number of anilines is 1. The molecule has 1 unspecified atom stereocenters. The minimum Gasteiger partial charge on any atom is -0.322 e. The van der Waals surface area contributed by atoms with Crippen LogP contribution in [0.2, 0.25) is 5.02 Å². The average molecular weight is 414 g/mol. The molecule has 0 aromatic heterocycles. The zero-order chi connectivity index (χ0) is 20.3. The van der Waals surface area contributed by atoms with Crippen LogP contribution >= 0.6 is 11.6 Å². The summed E-state index contributed by atoms with van der Waals surface area (Å²) in [5.41, 5.74) is 0.853. The molecule has 0 spiro atoms. The number of benzene rings is 2. The fourth-order valence-corrected chi connectivity index (χ4v) is 5.51. The van der Waals surface area contributed by atoms with Crippen LogP contribution < -0.4 is 9.80 Å². The number of hydrogen-bond acceptors (Lipinski definition) is 3. The van der Waals surface area contributed by atoms with Gasteiger partial charge < -0.3 is 4.90 Å². The van der Waals surface area contributed by atoms with Crippen LogP contribution in [0.3, 0.4) is 0 Å². The van der Waals surface area contributed by atoms with Crippen molar-refractivity contribution in [2.75, 3.05) is 11.4 Å². The van der Waals surface area contributed by atoms with Crippen molar-refractivity contribution in [3.63, 3.8) is 0 Å². The number of rotatable bonds is 3. The van der Waals surface area contributed by atoms with Gasteiger partial charge in [-0.25, -0.2) is 9.29 Å². The maximum atomic E-state index is 13.4. The topological polar surface area (TPSA) is 58.9 Å². The van der Waals surface area contributed by atoms with Crippen molar-refractivity contribution in [1.29, 1.82) is 0 Å². The molecule has 2 amide bonds. The fourth-order valence-electron chi connectivity index (χ4n) is 5.38. The van der Waals surface area contributed by atoms with E-state index in [0.29, 0.717) is 16.3 Å². The second kappa shape index (κ2) is 6.75. The number of ketones is 1. The lowest BCUT2D eigenvalue weighted by Crippen LogP contribution is -3.16. The van der Waals surface area contributed by atoms with Crippen LogP contribution in [0.15, 0.2) is 48.5 Å². The Hall–Kier alpha value is -2.57. The van der Waals surface area contributed by atoms with E-state index in [0.717, 1.165) is 29.2 Å². The molecule has 5 nitrogen and oxygen atoms in total. The fraction of sp³-hybridized carbons (Fsp3) is 0.318. The lowest BCUT2D eigenvalue weighted by atomic mass is 9.85. The molecule has 5 rings (SSSR count). The average Bonchev–Trinajstić information content (AvgIpc) is 3.35. The van der Waals surface area contributed by atoms with Crippen LogP contribution in [-0.2, 0) is 9.59 Å². The molecule has 0 aliphatic carbocycles. The zero-order valence-corrected chi connectivity index (χ0v) is 16.2. The summed E-state index contributed by atoms with van der Waals surface area (Å²) in [6.07, 6.45) is 1.74. The number of nitrogens with one attached hydrogen (secondary N) is 1. The zero-order valence-electron chi connectivity index (χ0n) is 15.5. The molecule has 7 heteroatoms. The molecule has 3 aliphatic heterocycles. The highest BCUT2D eigenvalue weighted by Crippen LogP contribution is 2.40. The quantitative estimate of drug-likeness (QED) is 0.617. The normalized spacial score (nSPS) is 30.6. The molecule has 0 saturated carbocycles. The number of quaternary nitrogens is 1. The van der Waals surface area contributed by atoms with Crippen molar-refractivity contribution in [3.8, 4) is 0 Å². The van der Waals surface area contributed by atoms with Gasteiger partial charge in [-0.1, -0.05) is 11.6 Å². The largest absolute Gasteiger partial charge is 0.322 e. The molecule has 0 radical (unpaired) electrons. The Bertz CT molecular complexity index is 1010. The Kier molecular flexibility index (Phi) is 4.29. The number of carbonyl (C=O) groups is 3. The molecule has 5 atom stereocenters. The number of hydrogen-bond donors (Lipinski definition) is 1. The van der Waals surface area contributed by atoms with Crippen molar-refractivity contribution in [2.45, 2.75) is 24.9 Å². The SMILES string of the molecule is O=C(c1ccc(Cl)cc1)[C@H]1[C@H]2C(=O)N(c3ccc(F)cc3)C(=O)[C@@H]2[C@H]2CCC[NH+]21. The van der Waals surface area contributed by atoms with Gasteiger partial charge >= 0.3 is 0 Å². The predicted octanol–water partition coefficient (Wildman–Crippen LogP) is 1.90. The molecule has 3 fully saturated rings.